The number of allylic oxidation sites excluding steroid dienone is 2. The summed E-state index contributed by atoms with van der Waals surface area (Å²) in [4.78, 5) is 42.4. The summed E-state index contributed by atoms with van der Waals surface area (Å²) < 4.78 is 6.56. The van der Waals surface area contributed by atoms with E-state index >= 15 is 0 Å². The second-order valence-corrected chi connectivity index (χ2v) is 12.4. The molecule has 2 aromatic carbocycles. The maximum absolute atomic E-state index is 13.7. The summed E-state index contributed by atoms with van der Waals surface area (Å²) in [6.45, 7) is 2.79. The van der Waals surface area contributed by atoms with E-state index in [0.29, 0.717) is 58.5 Å². The van der Waals surface area contributed by atoms with Gasteiger partial charge in [0.15, 0.2) is 0 Å². The Balaban J connectivity index is 1.31. The van der Waals surface area contributed by atoms with Gasteiger partial charge in [-0.3, -0.25) is 19.3 Å². The zero-order valence-electron chi connectivity index (χ0n) is 23.3. The van der Waals surface area contributed by atoms with Crippen molar-refractivity contribution in [3.8, 4) is 0 Å². The van der Waals surface area contributed by atoms with Gasteiger partial charge in [-0.15, -0.1) is 0 Å². The highest BCUT2D eigenvalue weighted by molar-refractivity contribution is 9.10. The molecule has 0 aromatic heterocycles. The fourth-order valence-electron chi connectivity index (χ4n) is 6.14. The number of hydrogen-bond acceptors (Lipinski definition) is 5. The van der Waals surface area contributed by atoms with E-state index < -0.39 is 11.5 Å². The van der Waals surface area contributed by atoms with Crippen molar-refractivity contribution in [2.75, 3.05) is 38.2 Å². The molecule has 41 heavy (non-hydrogen) atoms. The van der Waals surface area contributed by atoms with Crippen LogP contribution in [-0.2, 0) is 25.5 Å². The van der Waals surface area contributed by atoms with E-state index in [1.165, 1.54) is 0 Å². The van der Waals surface area contributed by atoms with Gasteiger partial charge >= 0.3 is 0 Å². The third-order valence-corrected chi connectivity index (χ3v) is 9.12. The SMILES string of the molecule is O=C(CN1CC[C@H]2NC(=O)[C@@H](Cc3ccccc3)NC(=O)C3(C/C=C/C[C@H]2C1)CCOCC3)Nc1ccc(Br)cc1. The zero-order valence-corrected chi connectivity index (χ0v) is 24.9. The second-order valence-electron chi connectivity index (χ2n) is 11.5. The number of carbonyl (C=O) groups excluding carboxylic acids is 3. The van der Waals surface area contributed by atoms with Crippen molar-refractivity contribution in [2.24, 2.45) is 11.3 Å². The number of halogens is 1. The van der Waals surface area contributed by atoms with Gasteiger partial charge in [-0.2, -0.15) is 0 Å². The van der Waals surface area contributed by atoms with Crippen molar-refractivity contribution < 1.29 is 19.1 Å². The molecule has 3 N–H and O–H groups in total. The van der Waals surface area contributed by atoms with E-state index in [4.69, 9.17) is 4.74 Å². The van der Waals surface area contributed by atoms with Crippen molar-refractivity contribution in [3.05, 3.63) is 76.8 Å². The van der Waals surface area contributed by atoms with Crippen molar-refractivity contribution in [2.45, 2.75) is 50.6 Å². The lowest BCUT2D eigenvalue weighted by atomic mass is 9.75. The first-order chi connectivity index (χ1) is 19.9. The van der Waals surface area contributed by atoms with E-state index in [9.17, 15) is 14.4 Å². The maximum atomic E-state index is 13.7. The summed E-state index contributed by atoms with van der Waals surface area (Å²) in [5.74, 6) is -0.108. The van der Waals surface area contributed by atoms with E-state index in [0.717, 1.165) is 28.6 Å². The Bertz CT molecular complexity index is 1230. The van der Waals surface area contributed by atoms with Gasteiger partial charge in [-0.25, -0.2) is 0 Å². The van der Waals surface area contributed by atoms with Gasteiger partial charge in [0, 0.05) is 48.9 Å². The summed E-state index contributed by atoms with van der Waals surface area (Å²) in [7, 11) is 0. The maximum Gasteiger partial charge on any atom is 0.243 e. The second kappa shape index (κ2) is 13.8. The van der Waals surface area contributed by atoms with Crippen LogP contribution in [0.1, 0.15) is 37.7 Å². The number of ether oxygens (including phenoxy) is 1. The van der Waals surface area contributed by atoms with Gasteiger partial charge in [0.05, 0.1) is 12.0 Å². The zero-order chi connectivity index (χ0) is 28.7. The van der Waals surface area contributed by atoms with Crippen LogP contribution in [0, 0.1) is 11.3 Å². The number of piperidine rings is 1. The average molecular weight is 624 g/mol. The van der Waals surface area contributed by atoms with Crippen molar-refractivity contribution in [1.82, 2.24) is 15.5 Å². The summed E-state index contributed by atoms with van der Waals surface area (Å²) in [6, 6.07) is 16.7. The van der Waals surface area contributed by atoms with Crippen LogP contribution in [0.2, 0.25) is 0 Å². The first kappa shape index (κ1) is 29.5. The normalized spacial score (nSPS) is 26.0. The number of nitrogens with one attached hydrogen (secondary N) is 3. The first-order valence-electron chi connectivity index (χ1n) is 14.6. The van der Waals surface area contributed by atoms with Gasteiger partial charge in [0.25, 0.3) is 0 Å². The highest BCUT2D eigenvalue weighted by Crippen LogP contribution is 2.36. The van der Waals surface area contributed by atoms with Gasteiger partial charge in [0.1, 0.15) is 6.04 Å². The number of hydrogen-bond donors (Lipinski definition) is 3. The van der Waals surface area contributed by atoms with E-state index in [-0.39, 0.29) is 29.7 Å². The highest BCUT2D eigenvalue weighted by Gasteiger charge is 2.41. The number of anilines is 1. The molecule has 3 atom stereocenters. The van der Waals surface area contributed by atoms with Gasteiger partial charge in [0.2, 0.25) is 17.7 Å². The van der Waals surface area contributed by atoms with Crippen LogP contribution in [0.3, 0.4) is 0 Å². The fraction of sp³-hybridized carbons (Fsp3) is 0.469. The Labute approximate surface area is 250 Å². The Morgan fingerprint density at radius 3 is 2.54 bits per heavy atom. The summed E-state index contributed by atoms with van der Waals surface area (Å²) >= 11 is 3.42. The fourth-order valence-corrected chi connectivity index (χ4v) is 6.40. The number of carbonyl (C=O) groups is 3. The summed E-state index contributed by atoms with van der Waals surface area (Å²) in [6.07, 6.45) is 8.13. The number of amides is 3. The molecule has 2 saturated heterocycles. The lowest BCUT2D eigenvalue weighted by Gasteiger charge is -2.40. The molecule has 0 bridgehead atoms. The molecule has 2 fully saturated rings. The molecular weight excluding hydrogens is 584 g/mol. The lowest BCUT2D eigenvalue weighted by molar-refractivity contribution is -0.140. The van der Waals surface area contributed by atoms with Gasteiger partial charge in [-0.1, -0.05) is 58.4 Å². The highest BCUT2D eigenvalue weighted by atomic mass is 79.9. The van der Waals surface area contributed by atoms with Crippen molar-refractivity contribution in [3.63, 3.8) is 0 Å². The molecule has 3 aliphatic rings. The van der Waals surface area contributed by atoms with Crippen LogP contribution in [0.5, 0.6) is 0 Å². The predicted octanol–water partition coefficient (Wildman–Crippen LogP) is 4.07. The first-order valence-corrected chi connectivity index (χ1v) is 15.4. The predicted molar refractivity (Wildman–Crippen MR) is 162 cm³/mol. The molecule has 0 radical (unpaired) electrons. The minimum Gasteiger partial charge on any atom is -0.381 e. The summed E-state index contributed by atoms with van der Waals surface area (Å²) in [5, 5.41) is 9.42. The number of rotatable bonds is 5. The van der Waals surface area contributed by atoms with Crippen LogP contribution in [-0.4, -0.2) is 67.6 Å². The molecule has 8 nitrogen and oxygen atoms in total. The molecule has 218 valence electrons. The molecule has 5 rings (SSSR count). The lowest BCUT2D eigenvalue weighted by Crippen LogP contribution is -2.58. The smallest absolute Gasteiger partial charge is 0.243 e. The van der Waals surface area contributed by atoms with E-state index in [2.05, 4.69) is 48.9 Å². The Kier molecular flexibility index (Phi) is 9.90. The minimum absolute atomic E-state index is 0.0374. The van der Waals surface area contributed by atoms with E-state index in [1.54, 1.807) is 0 Å². The topological polar surface area (TPSA) is 99.8 Å². The minimum atomic E-state index is -0.664. The molecule has 3 heterocycles. The molecular formula is C32H39BrN4O4. The van der Waals surface area contributed by atoms with Crippen LogP contribution < -0.4 is 16.0 Å². The largest absolute Gasteiger partial charge is 0.381 e. The average Bonchev–Trinajstić information content (AvgIpc) is 2.98. The van der Waals surface area contributed by atoms with Crippen LogP contribution in [0.15, 0.2) is 71.2 Å². The molecule has 9 heteroatoms. The Morgan fingerprint density at radius 2 is 1.78 bits per heavy atom. The van der Waals surface area contributed by atoms with E-state index in [1.807, 2.05) is 54.6 Å². The number of fused-ring (bicyclic) bond motifs is 1. The van der Waals surface area contributed by atoms with Gasteiger partial charge < -0.3 is 20.7 Å². The van der Waals surface area contributed by atoms with Crippen molar-refractivity contribution in [1.29, 1.82) is 0 Å². The number of likely N-dealkylation sites (tertiary alicyclic amines) is 1. The van der Waals surface area contributed by atoms with Crippen LogP contribution in [0.25, 0.3) is 0 Å². The summed E-state index contributed by atoms with van der Waals surface area (Å²) in [5.41, 5.74) is 1.19. The molecule has 0 aliphatic carbocycles. The van der Waals surface area contributed by atoms with Crippen molar-refractivity contribution >= 4 is 39.3 Å². The molecule has 2 aromatic rings. The third-order valence-electron chi connectivity index (χ3n) is 8.59. The third kappa shape index (κ3) is 7.84. The molecule has 0 saturated carbocycles. The standard InChI is InChI=1S/C32H39BrN4O4/c33-25-9-11-26(12-10-25)34-29(38)22-37-17-13-27-24(21-37)8-4-5-14-32(15-18-41-19-16-32)31(40)36-28(30(39)35-27)20-23-6-2-1-3-7-23/h1-7,9-12,24,27-28H,8,13-22H2,(H,34,38)(H,35,39)(H,36,40)/b5-4+/t24-,27+,28+/m0/s1. The number of benzene rings is 2. The Morgan fingerprint density at radius 1 is 1.02 bits per heavy atom. The van der Waals surface area contributed by atoms with Crippen LogP contribution in [0.4, 0.5) is 5.69 Å². The molecule has 3 aliphatic heterocycles. The molecule has 3 amide bonds. The van der Waals surface area contributed by atoms with Crippen LogP contribution >= 0.6 is 15.9 Å². The number of nitrogens with zero attached hydrogens (tertiary/aromatic N) is 1. The quantitative estimate of drug-likeness (QED) is 0.437. The monoisotopic (exact) mass is 622 g/mol. The Hall–Kier alpha value is -3.01. The van der Waals surface area contributed by atoms with Gasteiger partial charge in [-0.05, 0) is 67.9 Å². The molecule has 1 spiro atoms. The molecule has 0 unspecified atom stereocenters.